The smallest absolute Gasteiger partial charge is 0.240 e. The molecule has 2 aromatic heterocycles. The lowest BCUT2D eigenvalue weighted by molar-refractivity contribution is 0.354. The highest BCUT2D eigenvalue weighted by atomic mass is 16.5. The van der Waals surface area contributed by atoms with Crippen LogP contribution in [-0.4, -0.2) is 26.7 Å². The summed E-state index contributed by atoms with van der Waals surface area (Å²) < 4.78 is 5.39. The first-order valence-corrected chi connectivity index (χ1v) is 6.83. The molecule has 1 atom stereocenters. The van der Waals surface area contributed by atoms with Crippen LogP contribution in [0.2, 0.25) is 0 Å². The van der Waals surface area contributed by atoms with E-state index in [1.807, 2.05) is 12.1 Å². The van der Waals surface area contributed by atoms with Gasteiger partial charge in [0.15, 0.2) is 0 Å². The van der Waals surface area contributed by atoms with Crippen LogP contribution in [-0.2, 0) is 6.42 Å². The van der Waals surface area contributed by atoms with Crippen molar-refractivity contribution in [1.29, 1.82) is 0 Å². The number of para-hydroxylation sites is 1. The molecule has 104 valence electrons. The fourth-order valence-electron chi connectivity index (χ4n) is 2.52. The van der Waals surface area contributed by atoms with E-state index in [0.29, 0.717) is 17.5 Å². The van der Waals surface area contributed by atoms with Gasteiger partial charge in [0.2, 0.25) is 17.5 Å². The van der Waals surface area contributed by atoms with E-state index in [1.54, 1.807) is 18.5 Å². The summed E-state index contributed by atoms with van der Waals surface area (Å²) in [5, 5.41) is 7.38. The minimum absolute atomic E-state index is 0.171. The van der Waals surface area contributed by atoms with Crippen LogP contribution in [0.15, 0.2) is 47.2 Å². The van der Waals surface area contributed by atoms with Crippen LogP contribution in [0.4, 0.5) is 5.69 Å². The van der Waals surface area contributed by atoms with Crippen molar-refractivity contribution in [1.82, 2.24) is 20.1 Å². The summed E-state index contributed by atoms with van der Waals surface area (Å²) in [5.41, 5.74) is 2.45. The molecular weight excluding hydrogens is 266 g/mol. The minimum Gasteiger partial charge on any atom is -0.384 e. The number of hydrogen-bond acceptors (Lipinski definition) is 6. The van der Waals surface area contributed by atoms with Crippen LogP contribution in [0.5, 0.6) is 0 Å². The predicted molar refractivity (Wildman–Crippen MR) is 76.7 cm³/mol. The summed E-state index contributed by atoms with van der Waals surface area (Å²) in [7, 11) is 0. The molecule has 1 unspecified atom stereocenters. The normalized spacial score (nSPS) is 17.0. The Bertz CT molecular complexity index is 756. The van der Waals surface area contributed by atoms with E-state index >= 15 is 0 Å². The van der Waals surface area contributed by atoms with Crippen molar-refractivity contribution in [3.05, 3.63) is 54.2 Å². The van der Waals surface area contributed by atoms with Gasteiger partial charge >= 0.3 is 0 Å². The summed E-state index contributed by atoms with van der Waals surface area (Å²) in [6.45, 7) is 0.786. The molecule has 6 heteroatoms. The van der Waals surface area contributed by atoms with E-state index in [4.69, 9.17) is 4.52 Å². The summed E-state index contributed by atoms with van der Waals surface area (Å²) in [4.78, 5) is 12.7. The first-order valence-electron chi connectivity index (χ1n) is 6.83. The van der Waals surface area contributed by atoms with Crippen molar-refractivity contribution in [2.75, 3.05) is 11.9 Å². The Balaban J connectivity index is 1.60. The highest BCUT2D eigenvalue weighted by molar-refractivity contribution is 5.54. The van der Waals surface area contributed by atoms with E-state index in [1.165, 1.54) is 11.3 Å². The molecule has 21 heavy (non-hydrogen) atoms. The summed E-state index contributed by atoms with van der Waals surface area (Å²) >= 11 is 0. The predicted octanol–water partition coefficient (Wildman–Crippen LogP) is 2.28. The van der Waals surface area contributed by atoms with Crippen LogP contribution < -0.4 is 5.32 Å². The third kappa shape index (κ3) is 2.24. The molecule has 6 nitrogen and oxygen atoms in total. The van der Waals surface area contributed by atoms with E-state index in [9.17, 15) is 0 Å². The van der Waals surface area contributed by atoms with Crippen molar-refractivity contribution in [2.24, 2.45) is 0 Å². The second kappa shape index (κ2) is 4.97. The number of fused-ring (bicyclic) bond motifs is 1. The first kappa shape index (κ1) is 12.0. The van der Waals surface area contributed by atoms with E-state index in [-0.39, 0.29) is 5.92 Å². The zero-order valence-electron chi connectivity index (χ0n) is 11.2. The molecule has 3 heterocycles. The SMILES string of the molecule is c1cnc(-c2noc(C3CNc4ccccc4C3)n2)nc1. The van der Waals surface area contributed by atoms with Crippen LogP contribution in [0, 0.1) is 0 Å². The monoisotopic (exact) mass is 279 g/mol. The molecule has 0 saturated heterocycles. The molecule has 1 aliphatic rings. The molecule has 1 aromatic carbocycles. The molecule has 0 radical (unpaired) electrons. The highest BCUT2D eigenvalue weighted by Crippen LogP contribution is 2.30. The number of anilines is 1. The van der Waals surface area contributed by atoms with E-state index in [0.717, 1.165) is 13.0 Å². The zero-order valence-corrected chi connectivity index (χ0v) is 11.2. The number of hydrogen-bond donors (Lipinski definition) is 1. The molecule has 0 bridgehead atoms. The van der Waals surface area contributed by atoms with E-state index < -0.39 is 0 Å². The highest BCUT2D eigenvalue weighted by Gasteiger charge is 2.25. The van der Waals surface area contributed by atoms with Gasteiger partial charge in [-0.2, -0.15) is 4.98 Å². The van der Waals surface area contributed by atoms with Gasteiger partial charge < -0.3 is 9.84 Å². The lowest BCUT2D eigenvalue weighted by Gasteiger charge is -2.23. The van der Waals surface area contributed by atoms with Gasteiger partial charge in [-0.3, -0.25) is 0 Å². The van der Waals surface area contributed by atoms with Crippen LogP contribution in [0.3, 0.4) is 0 Å². The maximum atomic E-state index is 5.39. The molecule has 4 rings (SSSR count). The van der Waals surface area contributed by atoms with Crippen LogP contribution >= 0.6 is 0 Å². The molecule has 1 aliphatic heterocycles. The molecule has 0 spiro atoms. The summed E-state index contributed by atoms with van der Waals surface area (Å²) in [5.74, 6) is 1.71. The third-order valence-electron chi connectivity index (χ3n) is 3.58. The number of aromatic nitrogens is 4. The van der Waals surface area contributed by atoms with E-state index in [2.05, 4.69) is 37.6 Å². The molecule has 0 aliphatic carbocycles. The minimum atomic E-state index is 0.171. The Morgan fingerprint density at radius 1 is 1.05 bits per heavy atom. The number of nitrogens with zero attached hydrogens (tertiary/aromatic N) is 4. The molecule has 0 saturated carbocycles. The average Bonchev–Trinajstić information content (AvgIpc) is 3.05. The topological polar surface area (TPSA) is 76.7 Å². The standard InChI is InChI=1S/C15H13N5O/c1-2-5-12-10(4-1)8-11(9-18-12)15-19-14(20-21-15)13-16-6-3-7-17-13/h1-7,11,18H,8-9H2. The van der Waals surface area contributed by atoms with Crippen LogP contribution in [0.1, 0.15) is 17.4 Å². The summed E-state index contributed by atoms with van der Waals surface area (Å²) in [6, 6.07) is 10.0. The average molecular weight is 279 g/mol. The van der Waals surface area contributed by atoms with Gasteiger partial charge in [-0.15, -0.1) is 0 Å². The number of benzene rings is 1. The Labute approximate surface area is 121 Å². The van der Waals surface area contributed by atoms with Gasteiger partial charge in [-0.1, -0.05) is 23.4 Å². The van der Waals surface area contributed by atoms with Gasteiger partial charge in [0.25, 0.3) is 0 Å². The van der Waals surface area contributed by atoms with Crippen molar-refractivity contribution in [3.63, 3.8) is 0 Å². The second-order valence-corrected chi connectivity index (χ2v) is 4.97. The second-order valence-electron chi connectivity index (χ2n) is 4.97. The maximum absolute atomic E-state index is 5.39. The lowest BCUT2D eigenvalue weighted by Crippen LogP contribution is -2.21. The van der Waals surface area contributed by atoms with Gasteiger partial charge in [0.05, 0.1) is 5.92 Å². The summed E-state index contributed by atoms with van der Waals surface area (Å²) in [6.07, 6.45) is 4.22. The van der Waals surface area contributed by atoms with Crippen molar-refractivity contribution >= 4 is 5.69 Å². The third-order valence-corrected chi connectivity index (χ3v) is 3.58. The van der Waals surface area contributed by atoms with Crippen molar-refractivity contribution in [2.45, 2.75) is 12.3 Å². The van der Waals surface area contributed by atoms with Gasteiger partial charge in [-0.25, -0.2) is 9.97 Å². The molecule has 0 amide bonds. The molecule has 0 fully saturated rings. The molecular formula is C15H13N5O. The van der Waals surface area contributed by atoms with Crippen molar-refractivity contribution in [3.8, 4) is 11.6 Å². The quantitative estimate of drug-likeness (QED) is 0.775. The van der Waals surface area contributed by atoms with Gasteiger partial charge in [-0.05, 0) is 24.1 Å². The van der Waals surface area contributed by atoms with Gasteiger partial charge in [0, 0.05) is 24.6 Å². The molecule has 3 aromatic rings. The Hall–Kier alpha value is -2.76. The van der Waals surface area contributed by atoms with Crippen molar-refractivity contribution < 1.29 is 4.52 Å². The Morgan fingerprint density at radius 3 is 2.81 bits per heavy atom. The fraction of sp³-hybridized carbons (Fsp3) is 0.200. The number of nitrogens with one attached hydrogen (secondary N) is 1. The maximum Gasteiger partial charge on any atom is 0.240 e. The molecule has 1 N–H and O–H groups in total. The lowest BCUT2D eigenvalue weighted by atomic mass is 9.94. The first-order chi connectivity index (χ1) is 10.4. The Morgan fingerprint density at radius 2 is 1.90 bits per heavy atom. The van der Waals surface area contributed by atoms with Crippen LogP contribution in [0.25, 0.3) is 11.6 Å². The zero-order chi connectivity index (χ0) is 14.1. The Kier molecular flexibility index (Phi) is 2.85. The number of rotatable bonds is 2. The van der Waals surface area contributed by atoms with Gasteiger partial charge in [0.1, 0.15) is 0 Å². The largest absolute Gasteiger partial charge is 0.384 e. The fourth-order valence-corrected chi connectivity index (χ4v) is 2.52.